The van der Waals surface area contributed by atoms with Gasteiger partial charge in [-0.2, -0.15) is 5.26 Å². The Balaban J connectivity index is 2.71. The van der Waals surface area contributed by atoms with E-state index in [9.17, 15) is 14.0 Å². The van der Waals surface area contributed by atoms with Crippen LogP contribution in [0.15, 0.2) is 22.7 Å². The second-order valence-corrected chi connectivity index (χ2v) is 4.83. The monoisotopic (exact) mass is 340 g/mol. The first kappa shape index (κ1) is 16.0. The molecule has 1 N–H and O–H groups in total. The fraction of sp³-hybridized carbons (Fsp3) is 0.231. The first-order chi connectivity index (χ1) is 9.36. The van der Waals surface area contributed by atoms with Gasteiger partial charge in [0.15, 0.2) is 12.4 Å². The summed E-state index contributed by atoms with van der Waals surface area (Å²) in [7, 11) is 0. The maximum Gasteiger partial charge on any atom is 0.341 e. The number of nitrogens with zero attached hydrogens (tertiary/aromatic N) is 1. The normalized spacial score (nSPS) is 11.3. The molecule has 20 heavy (non-hydrogen) atoms. The average Bonchev–Trinajstić information content (AvgIpc) is 2.36. The van der Waals surface area contributed by atoms with Crippen LogP contribution in [0.25, 0.3) is 0 Å². The predicted octanol–water partition coefficient (Wildman–Crippen LogP) is 2.49. The molecule has 0 bridgehead atoms. The lowest BCUT2D eigenvalue weighted by atomic mass is 10.0. The Labute approximate surface area is 123 Å². The minimum atomic E-state index is -1.25. The highest BCUT2D eigenvalue weighted by Gasteiger charge is 2.22. The van der Waals surface area contributed by atoms with Gasteiger partial charge in [0.25, 0.3) is 0 Å². The second kappa shape index (κ2) is 6.91. The van der Waals surface area contributed by atoms with Gasteiger partial charge in [-0.3, -0.25) is 4.79 Å². The number of nitriles is 1. The average molecular weight is 341 g/mol. The molecule has 0 heterocycles. The summed E-state index contributed by atoms with van der Waals surface area (Å²) < 4.78 is 18.6. The number of ether oxygens (including phenoxy) is 1. The summed E-state index contributed by atoms with van der Waals surface area (Å²) >= 11 is 3.05. The number of halogens is 2. The van der Waals surface area contributed by atoms with Gasteiger partial charge in [-0.25, -0.2) is 9.18 Å². The van der Waals surface area contributed by atoms with E-state index in [1.807, 2.05) is 0 Å². The zero-order valence-corrected chi connectivity index (χ0v) is 12.0. The van der Waals surface area contributed by atoms with Crippen LogP contribution >= 0.6 is 15.9 Å². The Kier molecular flexibility index (Phi) is 5.53. The summed E-state index contributed by atoms with van der Waals surface area (Å²) in [6.07, 6.45) is 0. The highest BCUT2D eigenvalue weighted by molar-refractivity contribution is 9.10. The lowest BCUT2D eigenvalue weighted by molar-refractivity contribution is -0.122. The van der Waals surface area contributed by atoms with Crippen molar-refractivity contribution in [2.75, 3.05) is 6.61 Å². The number of rotatable bonds is 5. The number of carbonyl (C=O) groups excluding carboxylic acids is 2. The zero-order valence-electron chi connectivity index (χ0n) is 10.4. The molecule has 1 rings (SSSR count). The highest BCUT2D eigenvalue weighted by Crippen LogP contribution is 2.16. The third kappa shape index (κ3) is 3.96. The molecule has 0 spiro atoms. The van der Waals surface area contributed by atoms with Crippen LogP contribution in [0.2, 0.25) is 0 Å². The molecule has 0 saturated carbocycles. The number of esters is 1. The molecule has 104 valence electrons. The summed E-state index contributed by atoms with van der Waals surface area (Å²) in [4.78, 5) is 23.1. The second-order valence-electron chi connectivity index (χ2n) is 3.91. The molecule has 7 heteroatoms. The number of hydrogen-bond donors (Lipinski definition) is 1. The Bertz CT molecular complexity index is 610. The largest absolute Gasteiger partial charge is 0.454 e. The van der Waals surface area contributed by atoms with Crippen molar-refractivity contribution in [2.45, 2.75) is 6.92 Å². The molecule has 1 unspecified atom stereocenters. The molecule has 0 aliphatic heterocycles. The molecule has 0 aromatic heterocycles. The first-order valence-electron chi connectivity index (χ1n) is 5.46. The van der Waals surface area contributed by atoms with Crippen LogP contribution in [0.5, 0.6) is 0 Å². The highest BCUT2D eigenvalue weighted by atomic mass is 79.9. The van der Waals surface area contributed by atoms with Crippen molar-refractivity contribution < 1.29 is 18.7 Å². The van der Waals surface area contributed by atoms with E-state index in [1.165, 1.54) is 19.1 Å². The molecule has 0 saturated heterocycles. The van der Waals surface area contributed by atoms with Gasteiger partial charge in [0.2, 0.25) is 0 Å². The predicted molar refractivity (Wildman–Crippen MR) is 71.9 cm³/mol. The van der Waals surface area contributed by atoms with Crippen molar-refractivity contribution in [1.82, 2.24) is 0 Å². The van der Waals surface area contributed by atoms with Crippen LogP contribution in [-0.4, -0.2) is 24.1 Å². The summed E-state index contributed by atoms with van der Waals surface area (Å²) in [5.74, 6) is -3.75. The number of ketones is 1. The summed E-state index contributed by atoms with van der Waals surface area (Å²) in [5.41, 5.74) is -0.440. The molecule has 1 atom stereocenters. The summed E-state index contributed by atoms with van der Waals surface area (Å²) in [5, 5.41) is 15.9. The van der Waals surface area contributed by atoms with Crippen molar-refractivity contribution in [1.29, 1.82) is 10.7 Å². The molecule has 0 aliphatic rings. The molecule has 0 amide bonds. The van der Waals surface area contributed by atoms with E-state index < -0.39 is 30.1 Å². The fourth-order valence-electron chi connectivity index (χ4n) is 1.36. The number of benzene rings is 1. The fourth-order valence-corrected chi connectivity index (χ4v) is 1.70. The molecule has 0 aliphatic carbocycles. The first-order valence-corrected chi connectivity index (χ1v) is 6.25. The standard InChI is InChI=1S/C13H10BrFN2O3/c1-7(17)10(5-16)12(18)6-20-13(19)9-3-2-8(14)4-11(9)15/h2-4,10,17H,6H2,1H3. The lowest BCUT2D eigenvalue weighted by Crippen LogP contribution is -2.25. The van der Waals surface area contributed by atoms with Gasteiger partial charge in [-0.15, -0.1) is 0 Å². The van der Waals surface area contributed by atoms with Gasteiger partial charge in [0.05, 0.1) is 11.6 Å². The SMILES string of the molecule is CC(=N)C(C#N)C(=O)COC(=O)c1ccc(Br)cc1F. The van der Waals surface area contributed by atoms with Gasteiger partial charge in [0.1, 0.15) is 11.7 Å². The number of Topliss-reactive ketones (excluding diaryl/α,β-unsaturated/α-hetero) is 1. The van der Waals surface area contributed by atoms with Crippen LogP contribution in [-0.2, 0) is 9.53 Å². The van der Waals surface area contributed by atoms with Gasteiger partial charge in [-0.05, 0) is 25.1 Å². The number of hydrogen-bond acceptors (Lipinski definition) is 5. The quantitative estimate of drug-likeness (QED) is 0.658. The van der Waals surface area contributed by atoms with Crippen molar-refractivity contribution in [2.24, 2.45) is 5.92 Å². The Morgan fingerprint density at radius 3 is 2.70 bits per heavy atom. The van der Waals surface area contributed by atoms with Gasteiger partial charge >= 0.3 is 5.97 Å². The third-order valence-corrected chi connectivity index (χ3v) is 2.87. The van der Waals surface area contributed by atoms with Crippen LogP contribution in [0.3, 0.4) is 0 Å². The van der Waals surface area contributed by atoms with Crippen molar-refractivity contribution >= 4 is 33.4 Å². The zero-order chi connectivity index (χ0) is 15.3. The van der Waals surface area contributed by atoms with Crippen molar-refractivity contribution in [3.63, 3.8) is 0 Å². The van der Waals surface area contributed by atoms with E-state index in [0.717, 1.165) is 6.07 Å². The van der Waals surface area contributed by atoms with E-state index >= 15 is 0 Å². The smallest absolute Gasteiger partial charge is 0.341 e. The molecular formula is C13H10BrFN2O3. The Morgan fingerprint density at radius 1 is 1.55 bits per heavy atom. The van der Waals surface area contributed by atoms with Crippen LogP contribution < -0.4 is 0 Å². The van der Waals surface area contributed by atoms with E-state index in [2.05, 4.69) is 20.7 Å². The molecule has 1 aromatic rings. The van der Waals surface area contributed by atoms with Crippen molar-refractivity contribution in [3.8, 4) is 6.07 Å². The Morgan fingerprint density at radius 2 is 2.20 bits per heavy atom. The summed E-state index contributed by atoms with van der Waals surface area (Å²) in [6.45, 7) is 0.630. The van der Waals surface area contributed by atoms with Gasteiger partial charge in [-0.1, -0.05) is 15.9 Å². The third-order valence-electron chi connectivity index (χ3n) is 2.38. The van der Waals surface area contributed by atoms with Crippen LogP contribution in [0.4, 0.5) is 4.39 Å². The topological polar surface area (TPSA) is 91.0 Å². The van der Waals surface area contributed by atoms with Gasteiger partial charge < -0.3 is 10.1 Å². The molecule has 0 fully saturated rings. The molecule has 1 aromatic carbocycles. The maximum atomic E-state index is 13.5. The molecular weight excluding hydrogens is 331 g/mol. The van der Waals surface area contributed by atoms with Crippen molar-refractivity contribution in [3.05, 3.63) is 34.1 Å². The molecule has 0 radical (unpaired) electrons. The number of nitrogens with one attached hydrogen (secondary N) is 1. The van der Waals surface area contributed by atoms with Crippen LogP contribution in [0.1, 0.15) is 17.3 Å². The molecule has 5 nitrogen and oxygen atoms in total. The lowest BCUT2D eigenvalue weighted by Gasteiger charge is -2.08. The summed E-state index contributed by atoms with van der Waals surface area (Å²) in [6, 6.07) is 5.41. The minimum Gasteiger partial charge on any atom is -0.454 e. The van der Waals surface area contributed by atoms with E-state index in [4.69, 9.17) is 10.7 Å². The van der Waals surface area contributed by atoms with E-state index in [0.29, 0.717) is 4.47 Å². The maximum absolute atomic E-state index is 13.5. The minimum absolute atomic E-state index is 0.136. The van der Waals surface area contributed by atoms with Gasteiger partial charge in [0, 0.05) is 10.2 Å². The van der Waals surface area contributed by atoms with Crippen LogP contribution in [0, 0.1) is 28.5 Å². The van der Waals surface area contributed by atoms with E-state index in [-0.39, 0.29) is 11.3 Å². The number of carbonyl (C=O) groups is 2. The Hall–Kier alpha value is -2.07. The van der Waals surface area contributed by atoms with E-state index in [1.54, 1.807) is 6.07 Å².